The lowest BCUT2D eigenvalue weighted by atomic mass is 9.87. The standard InChI is InChI=1S/C29H33N3O5/c1-4-35-28(34)29(17-18-30-36-22-13-6-5-7-14-22)19-25(32-37-29)26(20(2)3)31-27(33)24-16-10-12-21-11-8-9-15-23(21)24/h5-16,20,26,30H,4,17-19H2,1-3H3,(H,31,33)/t26-,29?/m0/s1. The van der Waals surface area contributed by atoms with Gasteiger partial charge in [-0.05, 0) is 41.8 Å². The van der Waals surface area contributed by atoms with E-state index < -0.39 is 17.6 Å². The molecule has 1 heterocycles. The first kappa shape index (κ1) is 26.2. The Morgan fingerprint density at radius 3 is 2.51 bits per heavy atom. The van der Waals surface area contributed by atoms with E-state index in [1.807, 2.05) is 86.6 Å². The average Bonchev–Trinajstić information content (AvgIpc) is 3.35. The molecule has 0 saturated heterocycles. The molecule has 8 heteroatoms. The van der Waals surface area contributed by atoms with Crippen LogP contribution in [-0.2, 0) is 14.4 Å². The number of esters is 1. The maximum atomic E-state index is 13.3. The molecule has 0 bridgehead atoms. The minimum Gasteiger partial charge on any atom is -0.463 e. The molecule has 0 fully saturated rings. The summed E-state index contributed by atoms with van der Waals surface area (Å²) in [5, 5.41) is 9.28. The average molecular weight is 504 g/mol. The molecule has 0 aliphatic carbocycles. The molecule has 1 aliphatic rings. The summed E-state index contributed by atoms with van der Waals surface area (Å²) in [6.07, 6.45) is 0.477. The highest BCUT2D eigenvalue weighted by Gasteiger charge is 2.49. The molecular formula is C29H33N3O5. The smallest absolute Gasteiger partial charge is 0.353 e. The molecule has 0 aromatic heterocycles. The summed E-state index contributed by atoms with van der Waals surface area (Å²) in [5.41, 5.74) is 2.77. The lowest BCUT2D eigenvalue weighted by molar-refractivity contribution is -0.170. The normalized spacial score (nSPS) is 17.7. The van der Waals surface area contributed by atoms with Crippen LogP contribution >= 0.6 is 0 Å². The summed E-state index contributed by atoms with van der Waals surface area (Å²) < 4.78 is 5.34. The zero-order chi connectivity index (χ0) is 26.3. The zero-order valence-electron chi connectivity index (χ0n) is 21.4. The van der Waals surface area contributed by atoms with Crippen molar-refractivity contribution in [2.45, 2.75) is 45.3 Å². The Hall–Kier alpha value is -3.91. The van der Waals surface area contributed by atoms with Gasteiger partial charge in [0, 0.05) is 24.9 Å². The molecule has 3 aromatic carbocycles. The van der Waals surface area contributed by atoms with Crippen LogP contribution in [-0.4, -0.2) is 42.4 Å². The molecule has 1 unspecified atom stereocenters. The van der Waals surface area contributed by atoms with Crippen molar-refractivity contribution in [3.8, 4) is 5.75 Å². The Labute approximate surface area is 216 Å². The van der Waals surface area contributed by atoms with E-state index in [4.69, 9.17) is 14.4 Å². The number of para-hydroxylation sites is 1. The van der Waals surface area contributed by atoms with E-state index in [-0.39, 0.29) is 31.3 Å². The van der Waals surface area contributed by atoms with Crippen LogP contribution in [0.25, 0.3) is 10.8 Å². The van der Waals surface area contributed by atoms with Crippen LogP contribution in [0.15, 0.2) is 78.0 Å². The third-order valence-corrected chi connectivity index (χ3v) is 6.36. The number of hydrogen-bond acceptors (Lipinski definition) is 7. The molecule has 2 N–H and O–H groups in total. The van der Waals surface area contributed by atoms with Crippen molar-refractivity contribution in [2.24, 2.45) is 11.1 Å². The van der Waals surface area contributed by atoms with Crippen LogP contribution in [0.3, 0.4) is 0 Å². The highest BCUT2D eigenvalue weighted by Crippen LogP contribution is 2.32. The van der Waals surface area contributed by atoms with Gasteiger partial charge < -0.3 is 19.7 Å². The molecule has 1 aliphatic heterocycles. The lowest BCUT2D eigenvalue weighted by Crippen LogP contribution is -2.48. The molecular weight excluding hydrogens is 470 g/mol. The van der Waals surface area contributed by atoms with E-state index in [2.05, 4.69) is 16.0 Å². The van der Waals surface area contributed by atoms with Gasteiger partial charge in [-0.1, -0.05) is 73.6 Å². The van der Waals surface area contributed by atoms with Crippen molar-refractivity contribution in [3.05, 3.63) is 78.4 Å². The van der Waals surface area contributed by atoms with Gasteiger partial charge in [0.05, 0.1) is 18.4 Å². The van der Waals surface area contributed by atoms with E-state index in [0.717, 1.165) is 10.8 Å². The number of oxime groups is 1. The highest BCUT2D eigenvalue weighted by molar-refractivity contribution is 6.09. The number of rotatable bonds is 11. The number of fused-ring (bicyclic) bond motifs is 1. The third kappa shape index (κ3) is 6.09. The van der Waals surface area contributed by atoms with Gasteiger partial charge in [-0.25, -0.2) is 4.79 Å². The first-order valence-corrected chi connectivity index (χ1v) is 12.6. The van der Waals surface area contributed by atoms with Gasteiger partial charge in [-0.2, -0.15) is 5.48 Å². The molecule has 8 nitrogen and oxygen atoms in total. The van der Waals surface area contributed by atoms with Crippen molar-refractivity contribution >= 4 is 28.4 Å². The number of benzene rings is 3. The molecule has 3 aromatic rings. The second-order valence-corrected chi connectivity index (χ2v) is 9.35. The van der Waals surface area contributed by atoms with Crippen molar-refractivity contribution in [2.75, 3.05) is 13.2 Å². The van der Waals surface area contributed by atoms with Crippen LogP contribution in [0.1, 0.15) is 44.0 Å². The number of carbonyl (C=O) groups is 2. The number of hydrogen-bond donors (Lipinski definition) is 2. The van der Waals surface area contributed by atoms with Crippen LogP contribution < -0.4 is 15.6 Å². The van der Waals surface area contributed by atoms with E-state index in [1.165, 1.54) is 0 Å². The predicted octanol–water partition coefficient (Wildman–Crippen LogP) is 4.65. The van der Waals surface area contributed by atoms with E-state index >= 15 is 0 Å². The molecule has 37 heavy (non-hydrogen) atoms. The van der Waals surface area contributed by atoms with E-state index in [1.54, 1.807) is 6.92 Å². The Morgan fingerprint density at radius 1 is 1.03 bits per heavy atom. The third-order valence-electron chi connectivity index (χ3n) is 6.36. The van der Waals surface area contributed by atoms with Crippen molar-refractivity contribution in [3.63, 3.8) is 0 Å². The van der Waals surface area contributed by atoms with E-state index in [9.17, 15) is 9.59 Å². The maximum absolute atomic E-state index is 13.3. The minimum atomic E-state index is -1.30. The number of carbonyl (C=O) groups excluding carboxylic acids is 2. The first-order valence-electron chi connectivity index (χ1n) is 12.6. The van der Waals surface area contributed by atoms with Crippen LogP contribution in [0.5, 0.6) is 5.75 Å². The minimum absolute atomic E-state index is 0.0128. The summed E-state index contributed by atoms with van der Waals surface area (Å²) in [6.45, 7) is 6.29. The summed E-state index contributed by atoms with van der Waals surface area (Å²) >= 11 is 0. The molecule has 2 atom stereocenters. The van der Waals surface area contributed by atoms with Gasteiger partial charge in [0.1, 0.15) is 5.75 Å². The molecule has 4 rings (SSSR count). The Bertz CT molecular complexity index is 1260. The summed E-state index contributed by atoms with van der Waals surface area (Å²) in [5.74, 6) is -0.0188. The van der Waals surface area contributed by atoms with Gasteiger partial charge in [0.2, 0.25) is 5.60 Å². The zero-order valence-corrected chi connectivity index (χ0v) is 21.4. The number of nitrogens with zero attached hydrogens (tertiary/aromatic N) is 1. The fraction of sp³-hybridized carbons (Fsp3) is 0.345. The topological polar surface area (TPSA) is 98.2 Å². The fourth-order valence-corrected chi connectivity index (χ4v) is 4.43. The number of nitrogens with one attached hydrogen (secondary N) is 2. The first-order chi connectivity index (χ1) is 17.9. The summed E-state index contributed by atoms with van der Waals surface area (Å²) in [4.78, 5) is 37.7. The van der Waals surface area contributed by atoms with Crippen LogP contribution in [0, 0.1) is 5.92 Å². The fourth-order valence-electron chi connectivity index (χ4n) is 4.43. The van der Waals surface area contributed by atoms with Gasteiger partial charge >= 0.3 is 5.97 Å². The van der Waals surface area contributed by atoms with Gasteiger partial charge in [-0.3, -0.25) is 4.79 Å². The van der Waals surface area contributed by atoms with Crippen molar-refractivity contribution in [1.82, 2.24) is 10.8 Å². The number of amides is 1. The SMILES string of the molecule is CCOC(=O)C1(CCNOc2ccccc2)CC([C@@H](NC(=O)c2cccc3ccccc23)C(C)C)=NO1. The number of hydroxylamine groups is 1. The molecule has 0 saturated carbocycles. The van der Waals surface area contributed by atoms with Gasteiger partial charge in [0.15, 0.2) is 0 Å². The van der Waals surface area contributed by atoms with Crippen LogP contribution in [0.4, 0.5) is 0 Å². The molecule has 0 radical (unpaired) electrons. The lowest BCUT2D eigenvalue weighted by Gasteiger charge is -2.26. The summed E-state index contributed by atoms with van der Waals surface area (Å²) in [6, 6.07) is 22.3. The highest BCUT2D eigenvalue weighted by atomic mass is 16.7. The molecule has 194 valence electrons. The molecule has 1 amide bonds. The quantitative estimate of drug-likeness (QED) is 0.225. The predicted molar refractivity (Wildman–Crippen MR) is 142 cm³/mol. The van der Waals surface area contributed by atoms with Gasteiger partial charge in [-0.15, -0.1) is 0 Å². The molecule has 0 spiro atoms. The van der Waals surface area contributed by atoms with Crippen molar-refractivity contribution in [1.29, 1.82) is 0 Å². The second-order valence-electron chi connectivity index (χ2n) is 9.35. The number of ether oxygens (including phenoxy) is 1. The monoisotopic (exact) mass is 503 g/mol. The van der Waals surface area contributed by atoms with Crippen molar-refractivity contribution < 1.29 is 24.0 Å². The summed E-state index contributed by atoms with van der Waals surface area (Å²) in [7, 11) is 0. The maximum Gasteiger partial charge on any atom is 0.353 e. The Morgan fingerprint density at radius 2 is 1.76 bits per heavy atom. The second kappa shape index (κ2) is 11.9. The van der Waals surface area contributed by atoms with Gasteiger partial charge in [0.25, 0.3) is 5.91 Å². The Balaban J connectivity index is 1.46. The van der Waals surface area contributed by atoms with Crippen LogP contribution in [0.2, 0.25) is 0 Å². The Kier molecular flexibility index (Phi) is 8.40. The van der Waals surface area contributed by atoms with E-state index in [0.29, 0.717) is 23.6 Å². The largest absolute Gasteiger partial charge is 0.463 e.